The van der Waals surface area contributed by atoms with E-state index in [4.69, 9.17) is 17.3 Å². The van der Waals surface area contributed by atoms with Crippen molar-refractivity contribution < 1.29 is 4.79 Å². The van der Waals surface area contributed by atoms with E-state index in [0.717, 1.165) is 5.56 Å². The lowest BCUT2D eigenvalue weighted by molar-refractivity contribution is -0.119. The van der Waals surface area contributed by atoms with Crippen LogP contribution in [-0.2, 0) is 11.3 Å². The third-order valence-electron chi connectivity index (χ3n) is 1.86. The van der Waals surface area contributed by atoms with Crippen molar-refractivity contribution in [2.24, 2.45) is 5.73 Å². The third-order valence-corrected chi connectivity index (χ3v) is 2.20. The summed E-state index contributed by atoms with van der Waals surface area (Å²) in [5, 5.41) is 3.38. The molecule has 1 amide bonds. The predicted molar refractivity (Wildman–Crippen MR) is 54.7 cm³/mol. The van der Waals surface area contributed by atoms with Gasteiger partial charge in [0.1, 0.15) is 5.15 Å². The Labute approximate surface area is 87.5 Å². The quantitative estimate of drug-likeness (QED) is 0.724. The zero-order valence-electron chi connectivity index (χ0n) is 7.83. The van der Waals surface area contributed by atoms with Gasteiger partial charge in [0, 0.05) is 18.3 Å². The average Bonchev–Trinajstić information content (AvgIpc) is 2.16. The van der Waals surface area contributed by atoms with Crippen LogP contribution in [0, 0.1) is 0 Å². The maximum absolute atomic E-state index is 10.7. The molecule has 0 saturated carbocycles. The Balaban J connectivity index is 2.54. The van der Waals surface area contributed by atoms with E-state index >= 15 is 0 Å². The minimum absolute atomic E-state index is 0.369. The van der Waals surface area contributed by atoms with Crippen LogP contribution in [-0.4, -0.2) is 16.9 Å². The summed E-state index contributed by atoms with van der Waals surface area (Å²) in [5.41, 5.74) is 5.94. The van der Waals surface area contributed by atoms with Gasteiger partial charge in [0.2, 0.25) is 5.91 Å². The summed E-state index contributed by atoms with van der Waals surface area (Å²) >= 11 is 5.82. The molecule has 0 saturated heterocycles. The van der Waals surface area contributed by atoms with Gasteiger partial charge in [0.15, 0.2) is 0 Å². The highest BCUT2D eigenvalue weighted by molar-refractivity contribution is 6.30. The predicted octanol–water partition coefficient (Wildman–Crippen LogP) is 0.698. The summed E-state index contributed by atoms with van der Waals surface area (Å²) in [6.45, 7) is 2.18. The molecular formula is C9H12ClN3O. The summed E-state index contributed by atoms with van der Waals surface area (Å²) in [7, 11) is 0. The van der Waals surface area contributed by atoms with Crippen molar-refractivity contribution in [3.8, 4) is 0 Å². The largest absolute Gasteiger partial charge is 0.368 e. The number of nitrogens with two attached hydrogens (primary N) is 1. The van der Waals surface area contributed by atoms with E-state index in [1.54, 1.807) is 19.2 Å². The number of amides is 1. The summed E-state index contributed by atoms with van der Waals surface area (Å²) in [6, 6.07) is 3.26. The van der Waals surface area contributed by atoms with Gasteiger partial charge in [-0.1, -0.05) is 17.7 Å². The Bertz CT molecular complexity index is 330. The van der Waals surface area contributed by atoms with Crippen LogP contribution in [0.2, 0.25) is 5.15 Å². The van der Waals surface area contributed by atoms with E-state index in [-0.39, 0.29) is 11.9 Å². The number of pyridine rings is 1. The lowest BCUT2D eigenvalue weighted by Gasteiger charge is -2.10. The van der Waals surface area contributed by atoms with Crippen molar-refractivity contribution in [1.82, 2.24) is 10.3 Å². The molecule has 5 heteroatoms. The monoisotopic (exact) mass is 213 g/mol. The van der Waals surface area contributed by atoms with Gasteiger partial charge < -0.3 is 11.1 Å². The number of primary amides is 1. The fourth-order valence-electron chi connectivity index (χ4n) is 0.915. The van der Waals surface area contributed by atoms with Crippen LogP contribution in [0.3, 0.4) is 0 Å². The Morgan fingerprint density at radius 1 is 1.79 bits per heavy atom. The van der Waals surface area contributed by atoms with Crippen molar-refractivity contribution in [2.75, 3.05) is 0 Å². The first-order chi connectivity index (χ1) is 6.61. The van der Waals surface area contributed by atoms with E-state index in [1.165, 1.54) is 0 Å². The first-order valence-corrected chi connectivity index (χ1v) is 4.61. The van der Waals surface area contributed by atoms with Gasteiger partial charge in [-0.15, -0.1) is 0 Å². The SMILES string of the molecule is CC(NCc1cccnc1Cl)C(N)=O. The van der Waals surface area contributed by atoms with Crippen LogP contribution < -0.4 is 11.1 Å². The Morgan fingerprint density at radius 2 is 2.50 bits per heavy atom. The molecule has 1 aromatic rings. The molecule has 0 aromatic carbocycles. The lowest BCUT2D eigenvalue weighted by atomic mass is 10.2. The molecule has 0 fully saturated rings. The van der Waals surface area contributed by atoms with Gasteiger partial charge in [-0.05, 0) is 13.0 Å². The zero-order chi connectivity index (χ0) is 10.6. The highest BCUT2D eigenvalue weighted by Gasteiger charge is 2.08. The number of halogens is 1. The van der Waals surface area contributed by atoms with Crippen LogP contribution >= 0.6 is 11.6 Å². The Morgan fingerprint density at radius 3 is 3.07 bits per heavy atom. The molecule has 1 aromatic heterocycles. The maximum Gasteiger partial charge on any atom is 0.234 e. The summed E-state index contributed by atoms with van der Waals surface area (Å²) in [6.07, 6.45) is 1.61. The highest BCUT2D eigenvalue weighted by atomic mass is 35.5. The normalized spacial score (nSPS) is 12.4. The van der Waals surface area contributed by atoms with E-state index in [2.05, 4.69) is 10.3 Å². The molecule has 1 rings (SSSR count). The Kier molecular flexibility index (Phi) is 3.85. The average molecular weight is 214 g/mol. The second-order valence-corrected chi connectivity index (χ2v) is 3.32. The molecule has 0 aliphatic rings. The summed E-state index contributed by atoms with van der Waals surface area (Å²) in [4.78, 5) is 14.6. The molecule has 1 heterocycles. The Hall–Kier alpha value is -1.13. The van der Waals surface area contributed by atoms with Crippen molar-refractivity contribution in [3.05, 3.63) is 29.0 Å². The van der Waals surface area contributed by atoms with E-state index < -0.39 is 0 Å². The van der Waals surface area contributed by atoms with Gasteiger partial charge in [0.05, 0.1) is 6.04 Å². The summed E-state index contributed by atoms with van der Waals surface area (Å²) < 4.78 is 0. The van der Waals surface area contributed by atoms with E-state index in [1.807, 2.05) is 6.07 Å². The van der Waals surface area contributed by atoms with Crippen LogP contribution in [0.4, 0.5) is 0 Å². The molecular weight excluding hydrogens is 202 g/mol. The molecule has 4 nitrogen and oxygen atoms in total. The zero-order valence-corrected chi connectivity index (χ0v) is 8.58. The summed E-state index contributed by atoms with van der Waals surface area (Å²) in [5.74, 6) is -0.384. The number of aromatic nitrogens is 1. The number of carbonyl (C=O) groups is 1. The number of nitrogens with one attached hydrogen (secondary N) is 1. The molecule has 14 heavy (non-hydrogen) atoms. The number of nitrogens with zero attached hydrogens (tertiary/aromatic N) is 1. The molecule has 1 atom stereocenters. The van der Waals surface area contributed by atoms with Crippen LogP contribution in [0.15, 0.2) is 18.3 Å². The fraction of sp³-hybridized carbons (Fsp3) is 0.333. The van der Waals surface area contributed by atoms with Gasteiger partial charge in [-0.3, -0.25) is 4.79 Å². The molecule has 0 bridgehead atoms. The minimum Gasteiger partial charge on any atom is -0.368 e. The molecule has 3 N–H and O–H groups in total. The third kappa shape index (κ3) is 2.97. The van der Waals surface area contributed by atoms with Crippen LogP contribution in [0.5, 0.6) is 0 Å². The minimum atomic E-state index is -0.384. The molecule has 0 radical (unpaired) electrons. The number of carbonyl (C=O) groups excluding carboxylic acids is 1. The number of hydrogen-bond donors (Lipinski definition) is 2. The van der Waals surface area contributed by atoms with Crippen LogP contribution in [0.1, 0.15) is 12.5 Å². The van der Waals surface area contributed by atoms with Gasteiger partial charge in [-0.25, -0.2) is 4.98 Å². The highest BCUT2D eigenvalue weighted by Crippen LogP contribution is 2.10. The van der Waals surface area contributed by atoms with Gasteiger partial charge in [-0.2, -0.15) is 0 Å². The van der Waals surface area contributed by atoms with Crippen molar-refractivity contribution in [2.45, 2.75) is 19.5 Å². The first kappa shape index (κ1) is 10.9. The second kappa shape index (κ2) is 4.93. The molecule has 1 unspecified atom stereocenters. The van der Waals surface area contributed by atoms with E-state index in [9.17, 15) is 4.79 Å². The smallest absolute Gasteiger partial charge is 0.234 e. The van der Waals surface area contributed by atoms with Crippen molar-refractivity contribution in [3.63, 3.8) is 0 Å². The standard InChI is InChI=1S/C9H12ClN3O/c1-6(9(11)14)13-5-7-3-2-4-12-8(7)10/h2-4,6,13H,5H2,1H3,(H2,11,14). The second-order valence-electron chi connectivity index (χ2n) is 2.96. The molecule has 0 aliphatic carbocycles. The first-order valence-electron chi connectivity index (χ1n) is 4.23. The van der Waals surface area contributed by atoms with Crippen molar-refractivity contribution in [1.29, 1.82) is 0 Å². The van der Waals surface area contributed by atoms with Crippen molar-refractivity contribution >= 4 is 17.5 Å². The number of hydrogen-bond acceptors (Lipinski definition) is 3. The van der Waals surface area contributed by atoms with Gasteiger partial charge in [0.25, 0.3) is 0 Å². The van der Waals surface area contributed by atoms with E-state index in [0.29, 0.717) is 11.7 Å². The molecule has 0 spiro atoms. The molecule has 0 aliphatic heterocycles. The maximum atomic E-state index is 10.7. The van der Waals surface area contributed by atoms with Crippen LogP contribution in [0.25, 0.3) is 0 Å². The lowest BCUT2D eigenvalue weighted by Crippen LogP contribution is -2.38. The fourth-order valence-corrected chi connectivity index (χ4v) is 1.10. The molecule has 76 valence electrons. The van der Waals surface area contributed by atoms with Gasteiger partial charge >= 0.3 is 0 Å². The topological polar surface area (TPSA) is 68.0 Å². The number of rotatable bonds is 4.